The molecule has 1 amide bonds. The molecule has 0 atom stereocenters. The molecule has 0 saturated carbocycles. The number of carbonyl (C=O) groups is 1. The first-order valence-electron chi connectivity index (χ1n) is 5.70. The second-order valence-corrected chi connectivity index (χ2v) is 6.36. The van der Waals surface area contributed by atoms with Gasteiger partial charge in [-0.15, -0.1) is 0 Å². The lowest BCUT2D eigenvalue weighted by molar-refractivity contribution is -0.121. The van der Waals surface area contributed by atoms with Gasteiger partial charge in [0.15, 0.2) is 0 Å². The Hall–Kier alpha value is -1.12. The third-order valence-electron chi connectivity index (χ3n) is 2.18. The average molecular weight is 309 g/mol. The van der Waals surface area contributed by atoms with Crippen molar-refractivity contribution in [3.8, 4) is 0 Å². The second kappa shape index (κ2) is 6.36. The van der Waals surface area contributed by atoms with Gasteiger partial charge in [0, 0.05) is 26.1 Å². The maximum absolute atomic E-state index is 11.9. The Bertz CT molecular complexity index is 553. The molecule has 0 aliphatic rings. The van der Waals surface area contributed by atoms with E-state index in [4.69, 9.17) is 11.6 Å². The van der Waals surface area contributed by atoms with Crippen LogP contribution in [0.3, 0.4) is 0 Å². The van der Waals surface area contributed by atoms with Gasteiger partial charge in [-0.05, 0) is 13.8 Å². The Balaban J connectivity index is 2.58. The summed E-state index contributed by atoms with van der Waals surface area (Å²) < 4.78 is 27.4. The fourth-order valence-electron chi connectivity index (χ4n) is 1.34. The summed E-state index contributed by atoms with van der Waals surface area (Å²) in [7, 11) is -2.20. The molecule has 0 bridgehead atoms. The molecule has 1 heterocycles. The summed E-state index contributed by atoms with van der Waals surface area (Å²) in [6.07, 6.45) is 1.37. The molecule has 9 heteroatoms. The second-order valence-electron chi connectivity index (χ2n) is 4.32. The van der Waals surface area contributed by atoms with Crippen molar-refractivity contribution < 1.29 is 13.2 Å². The van der Waals surface area contributed by atoms with E-state index in [1.165, 1.54) is 10.9 Å². The van der Waals surface area contributed by atoms with Crippen LogP contribution in [0.2, 0.25) is 5.15 Å². The van der Waals surface area contributed by atoms with Crippen molar-refractivity contribution in [3.63, 3.8) is 0 Å². The van der Waals surface area contributed by atoms with Gasteiger partial charge in [-0.25, -0.2) is 18.1 Å². The van der Waals surface area contributed by atoms with Gasteiger partial charge in [0.2, 0.25) is 10.9 Å². The number of hydrogen-bond donors (Lipinski definition) is 2. The van der Waals surface area contributed by atoms with Crippen molar-refractivity contribution in [3.05, 3.63) is 11.5 Å². The molecule has 0 aliphatic carbocycles. The third-order valence-corrected chi connectivity index (χ3v) is 4.13. The van der Waals surface area contributed by atoms with Crippen molar-refractivity contribution >= 4 is 27.5 Å². The number of sulfonamides is 1. The standard InChI is InChI=1S/C10H17ClN4O3S/c1-7(2)14-8(16)4-5-13-19(17,18)10-9(11)15(3)6-12-10/h6-7,13H,4-5H2,1-3H3,(H,14,16). The Labute approximate surface area is 117 Å². The van der Waals surface area contributed by atoms with E-state index in [1.54, 1.807) is 7.05 Å². The lowest BCUT2D eigenvalue weighted by Gasteiger charge is -2.08. The zero-order chi connectivity index (χ0) is 14.6. The van der Waals surface area contributed by atoms with Crippen molar-refractivity contribution in [2.45, 2.75) is 31.3 Å². The maximum Gasteiger partial charge on any atom is 0.261 e. The van der Waals surface area contributed by atoms with Crippen LogP contribution in [0, 0.1) is 0 Å². The van der Waals surface area contributed by atoms with Gasteiger partial charge in [0.25, 0.3) is 10.0 Å². The molecule has 0 fully saturated rings. The smallest absolute Gasteiger partial charge is 0.261 e. The normalized spacial score (nSPS) is 11.8. The first kappa shape index (κ1) is 15.9. The summed E-state index contributed by atoms with van der Waals surface area (Å²) in [6, 6.07) is 0.0225. The average Bonchev–Trinajstić information content (AvgIpc) is 2.58. The van der Waals surface area contributed by atoms with Crippen LogP contribution in [0.25, 0.3) is 0 Å². The Morgan fingerprint density at radius 1 is 1.53 bits per heavy atom. The van der Waals surface area contributed by atoms with E-state index in [0.29, 0.717) is 0 Å². The zero-order valence-electron chi connectivity index (χ0n) is 11.0. The lowest BCUT2D eigenvalue weighted by atomic mass is 10.3. The van der Waals surface area contributed by atoms with Crippen LogP contribution in [-0.4, -0.2) is 36.5 Å². The van der Waals surface area contributed by atoms with E-state index in [-0.39, 0.29) is 35.1 Å². The number of rotatable bonds is 6. The number of halogens is 1. The fourth-order valence-corrected chi connectivity index (χ4v) is 2.79. The topological polar surface area (TPSA) is 93.1 Å². The van der Waals surface area contributed by atoms with Gasteiger partial charge in [0.1, 0.15) is 5.15 Å². The molecule has 1 rings (SSSR count). The van der Waals surface area contributed by atoms with Crippen molar-refractivity contribution in [1.29, 1.82) is 0 Å². The molecular formula is C10H17ClN4O3S. The number of aromatic nitrogens is 2. The van der Waals surface area contributed by atoms with Crippen LogP contribution in [0.5, 0.6) is 0 Å². The highest BCUT2D eigenvalue weighted by Crippen LogP contribution is 2.17. The highest BCUT2D eigenvalue weighted by Gasteiger charge is 2.22. The molecule has 108 valence electrons. The van der Waals surface area contributed by atoms with Gasteiger partial charge in [-0.1, -0.05) is 11.6 Å². The summed E-state index contributed by atoms with van der Waals surface area (Å²) in [5.41, 5.74) is 0. The van der Waals surface area contributed by atoms with Crippen LogP contribution < -0.4 is 10.0 Å². The van der Waals surface area contributed by atoms with E-state index in [0.717, 1.165) is 0 Å². The minimum atomic E-state index is -3.79. The SMILES string of the molecule is CC(C)NC(=O)CCNS(=O)(=O)c1ncn(C)c1Cl. The van der Waals surface area contributed by atoms with E-state index in [1.807, 2.05) is 13.8 Å². The number of nitrogens with one attached hydrogen (secondary N) is 2. The number of nitrogens with zero attached hydrogens (tertiary/aromatic N) is 2. The maximum atomic E-state index is 11.9. The van der Waals surface area contributed by atoms with Crippen molar-refractivity contribution in [1.82, 2.24) is 19.6 Å². The van der Waals surface area contributed by atoms with Crippen molar-refractivity contribution in [2.24, 2.45) is 7.05 Å². The van der Waals surface area contributed by atoms with Gasteiger partial charge in [-0.2, -0.15) is 0 Å². The molecule has 0 aliphatic heterocycles. The van der Waals surface area contributed by atoms with Gasteiger partial charge in [0.05, 0.1) is 6.33 Å². The Morgan fingerprint density at radius 2 is 2.16 bits per heavy atom. The van der Waals surface area contributed by atoms with Crippen LogP contribution in [0.4, 0.5) is 0 Å². The largest absolute Gasteiger partial charge is 0.354 e. The van der Waals surface area contributed by atoms with E-state index in [2.05, 4.69) is 15.0 Å². The molecule has 0 unspecified atom stereocenters. The van der Waals surface area contributed by atoms with E-state index < -0.39 is 10.0 Å². The number of imidazole rings is 1. The molecule has 0 radical (unpaired) electrons. The number of amides is 1. The fraction of sp³-hybridized carbons (Fsp3) is 0.600. The Morgan fingerprint density at radius 3 is 2.63 bits per heavy atom. The van der Waals surface area contributed by atoms with Crippen molar-refractivity contribution in [2.75, 3.05) is 6.54 Å². The number of aryl methyl sites for hydroxylation is 1. The lowest BCUT2D eigenvalue weighted by Crippen LogP contribution is -2.34. The molecule has 0 aromatic carbocycles. The van der Waals surface area contributed by atoms with Gasteiger partial charge < -0.3 is 9.88 Å². The first-order chi connectivity index (χ1) is 8.74. The summed E-state index contributed by atoms with van der Waals surface area (Å²) >= 11 is 5.81. The summed E-state index contributed by atoms with van der Waals surface area (Å²) in [5, 5.41) is 2.46. The van der Waals surface area contributed by atoms with Crippen LogP contribution >= 0.6 is 11.6 Å². The Kier molecular flexibility index (Phi) is 5.33. The van der Waals surface area contributed by atoms with Crippen LogP contribution in [-0.2, 0) is 21.9 Å². The molecule has 0 saturated heterocycles. The van der Waals surface area contributed by atoms with E-state index in [9.17, 15) is 13.2 Å². The first-order valence-corrected chi connectivity index (χ1v) is 7.56. The zero-order valence-corrected chi connectivity index (χ0v) is 12.5. The molecule has 1 aromatic heterocycles. The number of hydrogen-bond acceptors (Lipinski definition) is 4. The highest BCUT2D eigenvalue weighted by atomic mass is 35.5. The highest BCUT2D eigenvalue weighted by molar-refractivity contribution is 7.89. The number of carbonyl (C=O) groups excluding carboxylic acids is 1. The molecule has 19 heavy (non-hydrogen) atoms. The van der Waals surface area contributed by atoms with Gasteiger partial charge >= 0.3 is 0 Å². The monoisotopic (exact) mass is 308 g/mol. The molecule has 2 N–H and O–H groups in total. The molecule has 0 spiro atoms. The summed E-state index contributed by atoms with van der Waals surface area (Å²) in [4.78, 5) is 15.1. The summed E-state index contributed by atoms with van der Waals surface area (Å²) in [6.45, 7) is 3.65. The predicted molar refractivity (Wildman–Crippen MR) is 71.3 cm³/mol. The predicted octanol–water partition coefficient (Wildman–Crippen LogP) is 0.267. The quantitative estimate of drug-likeness (QED) is 0.788. The minimum Gasteiger partial charge on any atom is -0.354 e. The molecular weight excluding hydrogens is 292 g/mol. The summed E-state index contributed by atoms with van der Waals surface area (Å²) in [5.74, 6) is -0.218. The minimum absolute atomic E-state index is 0.00616. The van der Waals surface area contributed by atoms with Crippen LogP contribution in [0.1, 0.15) is 20.3 Å². The van der Waals surface area contributed by atoms with Crippen LogP contribution in [0.15, 0.2) is 11.4 Å². The van der Waals surface area contributed by atoms with Gasteiger partial charge in [-0.3, -0.25) is 4.79 Å². The molecule has 1 aromatic rings. The third kappa shape index (κ3) is 4.48. The van der Waals surface area contributed by atoms with E-state index >= 15 is 0 Å². The molecule has 7 nitrogen and oxygen atoms in total.